The molecule has 0 aliphatic heterocycles. The molecule has 0 saturated heterocycles. The molecule has 0 bridgehead atoms. The Bertz CT molecular complexity index is 1070. The van der Waals surface area contributed by atoms with Crippen molar-refractivity contribution in [3.8, 4) is 0 Å². The van der Waals surface area contributed by atoms with E-state index in [-0.39, 0.29) is 31.8 Å². The molecule has 0 aromatic heterocycles. The second-order valence-corrected chi connectivity index (χ2v) is 12.8. The molecule has 0 rings (SSSR count). The lowest BCUT2D eigenvalue weighted by Crippen LogP contribution is -2.59. The van der Waals surface area contributed by atoms with Crippen molar-refractivity contribution in [2.45, 2.75) is 160 Å². The van der Waals surface area contributed by atoms with Gasteiger partial charge in [0.25, 0.3) is 0 Å². The van der Waals surface area contributed by atoms with Crippen LogP contribution in [0.3, 0.4) is 0 Å². The summed E-state index contributed by atoms with van der Waals surface area (Å²) in [5.74, 6) is -5.25. The molecule has 16 heteroatoms. The van der Waals surface area contributed by atoms with Crippen LogP contribution in [0.25, 0.3) is 0 Å². The van der Waals surface area contributed by atoms with Crippen molar-refractivity contribution in [2.24, 2.45) is 16.5 Å². The van der Waals surface area contributed by atoms with Gasteiger partial charge in [-0.15, -0.1) is 0 Å². The molecule has 0 unspecified atom stereocenters. The molecule has 0 saturated carbocycles. The Morgan fingerprint density at radius 2 is 1.16 bits per heavy atom. The first-order chi connectivity index (χ1) is 23.7. The average Bonchev–Trinajstić information content (AvgIpc) is 3.05. The number of likely N-dealkylation sites (N-methyl/N-ethyl adjacent to an activating group) is 1. The number of aliphatic imine (C=N–C) groups is 1. The first-order valence-corrected chi connectivity index (χ1v) is 18.1. The number of nitrogens with two attached hydrogens (primary N) is 2. The van der Waals surface area contributed by atoms with Gasteiger partial charge < -0.3 is 48.3 Å². The van der Waals surface area contributed by atoms with Crippen molar-refractivity contribution >= 4 is 41.5 Å². The Balaban J connectivity index is 5.13. The zero-order chi connectivity index (χ0) is 37.9. The smallest absolute Gasteiger partial charge is 0.305 e. The van der Waals surface area contributed by atoms with E-state index in [1.807, 2.05) is 0 Å². The molecule has 0 spiro atoms. The van der Waals surface area contributed by atoms with Crippen LogP contribution in [0, 0.1) is 0 Å². The van der Waals surface area contributed by atoms with E-state index in [0.717, 1.165) is 25.7 Å². The fourth-order valence-electron chi connectivity index (χ4n) is 5.24. The molecule has 11 N–H and O–H groups in total. The number of carbonyl (C=O) groups excluding carboxylic acids is 5. The van der Waals surface area contributed by atoms with Crippen LogP contribution in [0.2, 0.25) is 0 Å². The van der Waals surface area contributed by atoms with Crippen LogP contribution < -0.4 is 38.1 Å². The molecule has 0 aromatic carbocycles. The number of amides is 5. The summed E-state index contributed by atoms with van der Waals surface area (Å²) in [4.78, 5) is 79.4. The van der Waals surface area contributed by atoms with E-state index >= 15 is 0 Å². The fourth-order valence-corrected chi connectivity index (χ4v) is 5.24. The highest BCUT2D eigenvalue weighted by Gasteiger charge is 2.33. The van der Waals surface area contributed by atoms with E-state index in [0.29, 0.717) is 6.42 Å². The number of guanidine groups is 1. The molecule has 288 valence electrons. The summed E-state index contributed by atoms with van der Waals surface area (Å²) in [5.41, 5.74) is 10.7. The van der Waals surface area contributed by atoms with Crippen molar-refractivity contribution < 1.29 is 39.0 Å². The lowest BCUT2D eigenvalue weighted by molar-refractivity contribution is -0.142. The normalized spacial score (nSPS) is 13.9. The highest BCUT2D eigenvalue weighted by molar-refractivity contribution is 5.96. The summed E-state index contributed by atoms with van der Waals surface area (Å²) in [6.45, 7) is 5.06. The molecule has 0 heterocycles. The molecular weight excluding hydrogens is 648 g/mol. The Kier molecular flexibility index (Phi) is 25.6. The Morgan fingerprint density at radius 1 is 0.660 bits per heavy atom. The maximum absolute atomic E-state index is 13.2. The number of aliphatic hydroxyl groups excluding tert-OH is 1. The Labute approximate surface area is 297 Å². The summed E-state index contributed by atoms with van der Waals surface area (Å²) in [5, 5.41) is 31.8. The number of hydrogen-bond donors (Lipinski definition) is 9. The van der Waals surface area contributed by atoms with Gasteiger partial charge in [-0.05, 0) is 33.1 Å². The van der Waals surface area contributed by atoms with Gasteiger partial charge in [0.05, 0.1) is 12.5 Å². The largest absolute Gasteiger partial charge is 0.481 e. The third kappa shape index (κ3) is 22.6. The number of carboxylic acids is 1. The SMILES string of the molecule is CCCCCCCCCCCCCCCC(=O)N[C@H](C(=O)N[C@@H](CC(=O)O)C(=O)N[C@@H](CCCN=C(N)N)C(=O)N[C@@H](C)C(=O)NC)[C@@H](C)O. The second kappa shape index (κ2) is 27.8. The van der Waals surface area contributed by atoms with Crippen molar-refractivity contribution in [1.82, 2.24) is 26.6 Å². The lowest BCUT2D eigenvalue weighted by atomic mass is 10.0. The molecule has 0 aliphatic carbocycles. The van der Waals surface area contributed by atoms with Gasteiger partial charge in [0.15, 0.2) is 5.96 Å². The summed E-state index contributed by atoms with van der Waals surface area (Å²) in [7, 11) is 1.39. The minimum atomic E-state index is -1.66. The third-order valence-electron chi connectivity index (χ3n) is 8.18. The third-order valence-corrected chi connectivity index (χ3v) is 8.18. The zero-order valence-corrected chi connectivity index (χ0v) is 30.6. The van der Waals surface area contributed by atoms with Gasteiger partial charge in [-0.25, -0.2) is 0 Å². The predicted octanol–water partition coefficient (Wildman–Crippen LogP) is 1.08. The molecular formula is C34H64N8O8. The maximum atomic E-state index is 13.2. The van der Waals surface area contributed by atoms with Crippen LogP contribution >= 0.6 is 0 Å². The number of unbranched alkanes of at least 4 members (excludes halogenated alkanes) is 12. The second-order valence-electron chi connectivity index (χ2n) is 12.8. The van der Waals surface area contributed by atoms with Crippen LogP contribution in [0.5, 0.6) is 0 Å². The number of aliphatic hydroxyl groups is 1. The molecule has 0 fully saturated rings. The van der Waals surface area contributed by atoms with Crippen molar-refractivity contribution in [2.75, 3.05) is 13.6 Å². The molecule has 16 nitrogen and oxygen atoms in total. The fraction of sp³-hybridized carbons (Fsp3) is 0.794. The monoisotopic (exact) mass is 712 g/mol. The minimum absolute atomic E-state index is 0.00804. The number of nitrogens with zero attached hydrogens (tertiary/aromatic N) is 1. The van der Waals surface area contributed by atoms with Gasteiger partial charge in [-0.3, -0.25) is 33.8 Å². The van der Waals surface area contributed by atoms with Gasteiger partial charge >= 0.3 is 5.97 Å². The van der Waals surface area contributed by atoms with E-state index < -0.39 is 72.2 Å². The summed E-state index contributed by atoms with van der Waals surface area (Å²) in [6.07, 6.45) is 13.1. The number of aliphatic carboxylic acids is 1. The Hall–Kier alpha value is -3.95. The van der Waals surface area contributed by atoms with Gasteiger partial charge in [0, 0.05) is 20.0 Å². The van der Waals surface area contributed by atoms with Crippen molar-refractivity contribution in [3.05, 3.63) is 0 Å². The summed E-state index contributed by atoms with van der Waals surface area (Å²) < 4.78 is 0. The maximum Gasteiger partial charge on any atom is 0.305 e. The first-order valence-electron chi connectivity index (χ1n) is 18.1. The number of carbonyl (C=O) groups is 6. The molecule has 0 aromatic rings. The lowest BCUT2D eigenvalue weighted by Gasteiger charge is -2.26. The molecule has 5 amide bonds. The van der Waals surface area contributed by atoms with Gasteiger partial charge in [-0.1, -0.05) is 84.0 Å². The van der Waals surface area contributed by atoms with Crippen LogP contribution in [0.1, 0.15) is 130 Å². The molecule has 0 radical (unpaired) electrons. The van der Waals surface area contributed by atoms with Gasteiger partial charge in [-0.2, -0.15) is 0 Å². The van der Waals surface area contributed by atoms with Crippen LogP contribution in [0.15, 0.2) is 4.99 Å². The standard InChI is InChI=1S/C34H64N8O8/c1-5-6-7-8-9-10-11-12-13-14-15-16-17-20-27(44)42-29(24(3)43)33(50)41-26(22-28(45)46)32(49)40-25(19-18-21-38-34(35)36)31(48)39-23(2)30(47)37-4/h23-26,29,43H,5-22H2,1-4H3,(H,37,47)(H,39,48)(H,40,49)(H,41,50)(H,42,44)(H,45,46)(H4,35,36,38)/t23-,24+,25-,26-,29-/m0/s1. The van der Waals surface area contributed by atoms with Crippen LogP contribution in [-0.4, -0.2) is 95.5 Å². The highest BCUT2D eigenvalue weighted by Crippen LogP contribution is 2.13. The minimum Gasteiger partial charge on any atom is -0.481 e. The van der Waals surface area contributed by atoms with E-state index in [1.165, 1.54) is 72.3 Å². The number of nitrogens with one attached hydrogen (secondary N) is 5. The first kappa shape index (κ1) is 46.0. The van der Waals surface area contributed by atoms with E-state index in [9.17, 15) is 39.0 Å². The van der Waals surface area contributed by atoms with Crippen molar-refractivity contribution in [3.63, 3.8) is 0 Å². The van der Waals surface area contributed by atoms with Crippen LogP contribution in [-0.2, 0) is 28.8 Å². The quantitative estimate of drug-likeness (QED) is 0.0303. The van der Waals surface area contributed by atoms with E-state index in [4.69, 9.17) is 11.5 Å². The number of hydrogen-bond acceptors (Lipinski definition) is 8. The predicted molar refractivity (Wildman–Crippen MR) is 192 cm³/mol. The molecule has 0 aliphatic rings. The van der Waals surface area contributed by atoms with Crippen molar-refractivity contribution in [1.29, 1.82) is 0 Å². The zero-order valence-electron chi connectivity index (χ0n) is 30.6. The molecule has 50 heavy (non-hydrogen) atoms. The van der Waals surface area contributed by atoms with Crippen LogP contribution in [0.4, 0.5) is 0 Å². The highest BCUT2D eigenvalue weighted by atomic mass is 16.4. The van der Waals surface area contributed by atoms with E-state index in [2.05, 4.69) is 38.5 Å². The summed E-state index contributed by atoms with van der Waals surface area (Å²) in [6, 6.07) is -5.32. The summed E-state index contributed by atoms with van der Waals surface area (Å²) >= 11 is 0. The number of carboxylic acid groups (broad SMARTS) is 1. The van der Waals surface area contributed by atoms with E-state index in [1.54, 1.807) is 0 Å². The number of rotatable bonds is 29. The van der Waals surface area contributed by atoms with Gasteiger partial charge in [0.2, 0.25) is 29.5 Å². The van der Waals surface area contributed by atoms with Gasteiger partial charge in [0.1, 0.15) is 24.2 Å². The molecule has 5 atom stereocenters. The Morgan fingerprint density at radius 3 is 1.64 bits per heavy atom. The average molecular weight is 713 g/mol. The topological polar surface area (TPSA) is 267 Å².